The summed E-state index contributed by atoms with van der Waals surface area (Å²) in [7, 11) is 0. The van der Waals surface area contributed by atoms with Crippen molar-refractivity contribution in [1.82, 2.24) is 14.8 Å². The van der Waals surface area contributed by atoms with Crippen molar-refractivity contribution in [1.29, 1.82) is 0 Å². The summed E-state index contributed by atoms with van der Waals surface area (Å²) in [5.74, 6) is 0.631. The van der Waals surface area contributed by atoms with Crippen LogP contribution in [-0.4, -0.2) is 19.7 Å². The zero-order valence-corrected chi connectivity index (χ0v) is 10.5. The predicted molar refractivity (Wildman–Crippen MR) is 67.1 cm³/mol. The van der Waals surface area contributed by atoms with Gasteiger partial charge in [0.1, 0.15) is 6.33 Å². The first-order valence-corrected chi connectivity index (χ1v) is 5.55. The summed E-state index contributed by atoms with van der Waals surface area (Å²) in [6, 6.07) is 6.40. The molecule has 6 heteroatoms. The molecule has 0 spiro atoms. The molecule has 0 bridgehead atoms. The number of nitro benzene ring substituents is 1. The molecule has 18 heavy (non-hydrogen) atoms. The van der Waals surface area contributed by atoms with Crippen LogP contribution in [0.3, 0.4) is 0 Å². The average Bonchev–Trinajstić information content (AvgIpc) is 2.77. The second kappa shape index (κ2) is 4.21. The third-order valence-corrected chi connectivity index (χ3v) is 2.59. The Morgan fingerprint density at radius 3 is 2.67 bits per heavy atom. The Morgan fingerprint density at radius 2 is 2.06 bits per heavy atom. The predicted octanol–water partition coefficient (Wildman–Crippen LogP) is 2.61. The zero-order valence-electron chi connectivity index (χ0n) is 10.5. The molecule has 0 aliphatic rings. The van der Waals surface area contributed by atoms with E-state index in [9.17, 15) is 10.1 Å². The Kier molecular flexibility index (Phi) is 2.86. The summed E-state index contributed by atoms with van der Waals surface area (Å²) in [6.45, 7) is 6.08. The molecule has 0 saturated carbocycles. The molecule has 2 aromatic rings. The fraction of sp³-hybridized carbons (Fsp3) is 0.333. The maximum atomic E-state index is 10.8. The van der Waals surface area contributed by atoms with Crippen molar-refractivity contribution < 1.29 is 4.92 Å². The van der Waals surface area contributed by atoms with Gasteiger partial charge in [0.25, 0.3) is 5.69 Å². The van der Waals surface area contributed by atoms with Crippen molar-refractivity contribution in [2.45, 2.75) is 26.3 Å². The Bertz CT molecular complexity index is 584. The number of aromatic nitrogens is 3. The molecule has 1 aromatic heterocycles. The number of hydrogen-bond donors (Lipinski definition) is 0. The Labute approximate surface area is 104 Å². The van der Waals surface area contributed by atoms with Gasteiger partial charge >= 0.3 is 0 Å². The quantitative estimate of drug-likeness (QED) is 0.603. The maximum Gasteiger partial charge on any atom is 0.270 e. The third kappa shape index (κ3) is 2.22. The zero-order chi connectivity index (χ0) is 13.3. The molecule has 6 nitrogen and oxygen atoms in total. The molecule has 0 radical (unpaired) electrons. The lowest BCUT2D eigenvalue weighted by Gasteiger charge is -2.22. The van der Waals surface area contributed by atoms with Crippen molar-refractivity contribution in [2.75, 3.05) is 0 Å². The van der Waals surface area contributed by atoms with E-state index < -0.39 is 4.92 Å². The highest BCUT2D eigenvalue weighted by Crippen LogP contribution is 2.26. The Hall–Kier alpha value is -2.24. The molecule has 1 heterocycles. The van der Waals surface area contributed by atoms with Crippen molar-refractivity contribution in [3.8, 4) is 11.4 Å². The van der Waals surface area contributed by atoms with Crippen LogP contribution in [0.2, 0.25) is 0 Å². The van der Waals surface area contributed by atoms with Gasteiger partial charge in [0.15, 0.2) is 5.82 Å². The van der Waals surface area contributed by atoms with Gasteiger partial charge in [0.05, 0.1) is 4.92 Å². The van der Waals surface area contributed by atoms with Gasteiger partial charge in [0, 0.05) is 23.2 Å². The second-order valence-corrected chi connectivity index (χ2v) is 5.00. The molecular weight excluding hydrogens is 232 g/mol. The van der Waals surface area contributed by atoms with Crippen LogP contribution in [0.5, 0.6) is 0 Å². The molecule has 0 unspecified atom stereocenters. The van der Waals surface area contributed by atoms with Gasteiger partial charge in [-0.3, -0.25) is 10.1 Å². The lowest BCUT2D eigenvalue weighted by molar-refractivity contribution is -0.384. The van der Waals surface area contributed by atoms with Crippen molar-refractivity contribution in [3.05, 3.63) is 40.7 Å². The van der Waals surface area contributed by atoms with Gasteiger partial charge in [-0.05, 0) is 20.8 Å². The van der Waals surface area contributed by atoms with Gasteiger partial charge in [-0.25, -0.2) is 0 Å². The van der Waals surface area contributed by atoms with E-state index in [2.05, 4.69) is 10.2 Å². The van der Waals surface area contributed by atoms with Gasteiger partial charge in [-0.15, -0.1) is 10.2 Å². The minimum Gasteiger partial charge on any atom is -0.308 e. The fourth-order valence-corrected chi connectivity index (χ4v) is 1.68. The number of benzene rings is 1. The van der Waals surface area contributed by atoms with Gasteiger partial charge < -0.3 is 4.57 Å². The fourth-order valence-electron chi connectivity index (χ4n) is 1.68. The van der Waals surface area contributed by atoms with Crippen LogP contribution in [-0.2, 0) is 5.54 Å². The first-order valence-electron chi connectivity index (χ1n) is 5.55. The first-order chi connectivity index (χ1) is 8.39. The van der Waals surface area contributed by atoms with Crippen LogP contribution in [0.25, 0.3) is 11.4 Å². The van der Waals surface area contributed by atoms with E-state index in [1.54, 1.807) is 18.5 Å². The summed E-state index contributed by atoms with van der Waals surface area (Å²) < 4.78 is 1.89. The van der Waals surface area contributed by atoms with Crippen molar-refractivity contribution in [3.63, 3.8) is 0 Å². The molecule has 0 aliphatic heterocycles. The lowest BCUT2D eigenvalue weighted by Crippen LogP contribution is -2.21. The van der Waals surface area contributed by atoms with Crippen LogP contribution < -0.4 is 0 Å². The van der Waals surface area contributed by atoms with Gasteiger partial charge in [-0.1, -0.05) is 12.1 Å². The highest BCUT2D eigenvalue weighted by molar-refractivity contribution is 5.59. The molecule has 0 fully saturated rings. The largest absolute Gasteiger partial charge is 0.308 e. The molecule has 0 atom stereocenters. The molecule has 0 N–H and O–H groups in total. The number of nitro groups is 1. The molecule has 2 rings (SSSR count). The minimum absolute atomic E-state index is 0.0518. The van der Waals surface area contributed by atoms with Crippen LogP contribution in [0.1, 0.15) is 20.8 Å². The lowest BCUT2D eigenvalue weighted by atomic mass is 10.1. The summed E-state index contributed by atoms with van der Waals surface area (Å²) in [6.07, 6.45) is 1.63. The van der Waals surface area contributed by atoms with Crippen LogP contribution >= 0.6 is 0 Å². The Balaban J connectivity index is 2.53. The highest BCUT2D eigenvalue weighted by atomic mass is 16.6. The van der Waals surface area contributed by atoms with Gasteiger partial charge in [0.2, 0.25) is 0 Å². The first kappa shape index (κ1) is 12.2. The molecular formula is C12H14N4O2. The number of hydrogen-bond acceptors (Lipinski definition) is 4. The number of non-ortho nitro benzene ring substituents is 1. The van der Waals surface area contributed by atoms with E-state index in [1.807, 2.05) is 25.3 Å². The minimum atomic E-state index is -0.415. The third-order valence-electron chi connectivity index (χ3n) is 2.59. The topological polar surface area (TPSA) is 73.8 Å². The monoisotopic (exact) mass is 246 g/mol. The molecule has 0 aliphatic carbocycles. The number of nitrogens with zero attached hydrogens (tertiary/aromatic N) is 4. The normalized spacial score (nSPS) is 11.5. The summed E-state index contributed by atoms with van der Waals surface area (Å²) in [4.78, 5) is 10.4. The van der Waals surface area contributed by atoms with Crippen LogP contribution in [0.4, 0.5) is 5.69 Å². The summed E-state index contributed by atoms with van der Waals surface area (Å²) in [5.41, 5.74) is 0.566. The molecule has 94 valence electrons. The van der Waals surface area contributed by atoms with Crippen LogP contribution in [0, 0.1) is 10.1 Å². The highest BCUT2D eigenvalue weighted by Gasteiger charge is 2.19. The summed E-state index contributed by atoms with van der Waals surface area (Å²) >= 11 is 0. The van der Waals surface area contributed by atoms with E-state index in [1.165, 1.54) is 12.1 Å². The molecule has 1 aromatic carbocycles. The van der Waals surface area contributed by atoms with E-state index in [4.69, 9.17) is 0 Å². The van der Waals surface area contributed by atoms with Gasteiger partial charge in [-0.2, -0.15) is 0 Å². The number of rotatable bonds is 2. The SMILES string of the molecule is CC(C)(C)n1cnnc1-c1cccc([N+](=O)[O-])c1. The summed E-state index contributed by atoms with van der Waals surface area (Å²) in [5, 5.41) is 18.7. The maximum absolute atomic E-state index is 10.8. The van der Waals surface area contributed by atoms with Crippen molar-refractivity contribution in [2.24, 2.45) is 0 Å². The van der Waals surface area contributed by atoms with Crippen molar-refractivity contribution >= 4 is 5.69 Å². The standard InChI is InChI=1S/C12H14N4O2/c1-12(2,3)15-8-13-14-11(15)9-5-4-6-10(7-9)16(17)18/h4-8H,1-3H3. The molecule has 0 saturated heterocycles. The van der Waals surface area contributed by atoms with Crippen LogP contribution in [0.15, 0.2) is 30.6 Å². The Morgan fingerprint density at radius 1 is 1.33 bits per heavy atom. The average molecular weight is 246 g/mol. The van der Waals surface area contributed by atoms with E-state index in [0.29, 0.717) is 11.4 Å². The molecule has 0 amide bonds. The van der Waals surface area contributed by atoms with E-state index >= 15 is 0 Å². The van der Waals surface area contributed by atoms with E-state index in [-0.39, 0.29) is 11.2 Å². The van der Waals surface area contributed by atoms with E-state index in [0.717, 1.165) is 0 Å². The smallest absolute Gasteiger partial charge is 0.270 e. The second-order valence-electron chi connectivity index (χ2n) is 5.00.